The van der Waals surface area contributed by atoms with Crippen LogP contribution in [0.3, 0.4) is 0 Å². The summed E-state index contributed by atoms with van der Waals surface area (Å²) in [4.78, 5) is 10.8. The molecule has 6 nitrogen and oxygen atoms in total. The number of carboxylic acids is 1. The van der Waals surface area contributed by atoms with Gasteiger partial charge in [0.15, 0.2) is 5.82 Å². The van der Waals surface area contributed by atoms with E-state index in [4.69, 9.17) is 0 Å². The minimum Gasteiger partial charge on any atom is -0.545 e. The topological polar surface area (TPSA) is 90.7 Å². The molecule has 0 unspecified atom stereocenters. The smallest absolute Gasteiger partial charge is 0.243 e. The third kappa shape index (κ3) is 4.45. The molecule has 2 N–H and O–H groups in total. The average Bonchev–Trinajstić information content (AvgIpc) is 2.33. The number of carbonyl (C=O) groups is 1. The number of carboxylic acid groups (broad SMARTS) is 1. The van der Waals surface area contributed by atoms with E-state index in [1.807, 2.05) is 14.1 Å². The van der Waals surface area contributed by atoms with Crippen molar-refractivity contribution < 1.29 is 32.0 Å². The van der Waals surface area contributed by atoms with Gasteiger partial charge in [0, 0.05) is 13.0 Å². The fourth-order valence-electron chi connectivity index (χ4n) is 1.65. The van der Waals surface area contributed by atoms with E-state index in [-0.39, 0.29) is 6.54 Å². The zero-order valence-electron chi connectivity index (χ0n) is 11.6. The summed E-state index contributed by atoms with van der Waals surface area (Å²) >= 11 is 0. The molecule has 21 heavy (non-hydrogen) atoms. The highest BCUT2D eigenvalue weighted by Gasteiger charge is 2.23. The molecule has 0 aliphatic rings. The molecule has 0 saturated carbocycles. The van der Waals surface area contributed by atoms with Crippen LogP contribution in [-0.2, 0) is 10.0 Å². The lowest BCUT2D eigenvalue weighted by Crippen LogP contribution is -3.05. The second-order valence-corrected chi connectivity index (χ2v) is 6.47. The molecule has 0 bridgehead atoms. The number of benzene rings is 1. The molecule has 1 aromatic rings. The van der Waals surface area contributed by atoms with Crippen molar-refractivity contribution >= 4 is 16.0 Å². The second kappa shape index (κ2) is 6.92. The maximum atomic E-state index is 13.8. The van der Waals surface area contributed by atoms with E-state index in [9.17, 15) is 27.1 Å². The van der Waals surface area contributed by atoms with Crippen LogP contribution >= 0.6 is 0 Å². The van der Waals surface area contributed by atoms with E-state index >= 15 is 0 Å². The first kappa shape index (κ1) is 17.5. The quantitative estimate of drug-likeness (QED) is 0.576. The maximum Gasteiger partial charge on any atom is 0.243 e. The zero-order chi connectivity index (χ0) is 16.2. The van der Waals surface area contributed by atoms with Gasteiger partial charge in [-0.15, -0.1) is 0 Å². The van der Waals surface area contributed by atoms with Crippen LogP contribution in [0.15, 0.2) is 17.0 Å². The molecule has 1 aromatic carbocycles. The van der Waals surface area contributed by atoms with Gasteiger partial charge in [-0.3, -0.25) is 0 Å². The van der Waals surface area contributed by atoms with Gasteiger partial charge >= 0.3 is 0 Å². The highest BCUT2D eigenvalue weighted by atomic mass is 32.2. The van der Waals surface area contributed by atoms with E-state index in [0.717, 1.165) is 4.90 Å². The molecule has 0 amide bonds. The van der Waals surface area contributed by atoms with Crippen LogP contribution in [0.25, 0.3) is 0 Å². The van der Waals surface area contributed by atoms with Crippen molar-refractivity contribution in [3.8, 4) is 0 Å². The van der Waals surface area contributed by atoms with Gasteiger partial charge in [0.05, 0.1) is 32.2 Å². The molecule has 9 heteroatoms. The Balaban J connectivity index is 2.99. The fourth-order valence-corrected chi connectivity index (χ4v) is 2.81. The predicted octanol–water partition coefficient (Wildman–Crippen LogP) is -1.86. The first-order chi connectivity index (χ1) is 9.66. The Hall–Kier alpha value is -1.58. The van der Waals surface area contributed by atoms with E-state index < -0.39 is 38.1 Å². The number of carbonyl (C=O) groups excluding carboxylic acids is 1. The van der Waals surface area contributed by atoms with Crippen LogP contribution in [0, 0.1) is 11.6 Å². The summed E-state index contributed by atoms with van der Waals surface area (Å²) in [7, 11) is -0.475. The van der Waals surface area contributed by atoms with Crippen LogP contribution in [-0.4, -0.2) is 41.6 Å². The second-order valence-electron chi connectivity index (χ2n) is 4.73. The maximum absolute atomic E-state index is 13.8. The first-order valence-corrected chi connectivity index (χ1v) is 7.63. The van der Waals surface area contributed by atoms with Crippen molar-refractivity contribution in [2.45, 2.75) is 11.3 Å². The van der Waals surface area contributed by atoms with Crippen molar-refractivity contribution in [3.63, 3.8) is 0 Å². The third-order valence-corrected chi connectivity index (χ3v) is 4.17. The Bertz CT molecular complexity index is 632. The summed E-state index contributed by atoms with van der Waals surface area (Å²) < 4.78 is 52.9. The van der Waals surface area contributed by atoms with Crippen molar-refractivity contribution in [2.75, 3.05) is 27.2 Å². The van der Waals surface area contributed by atoms with Crippen molar-refractivity contribution in [1.29, 1.82) is 0 Å². The zero-order valence-corrected chi connectivity index (χ0v) is 12.4. The number of hydrogen-bond acceptors (Lipinski definition) is 4. The lowest BCUT2D eigenvalue weighted by molar-refractivity contribution is -0.858. The van der Waals surface area contributed by atoms with Gasteiger partial charge in [-0.25, -0.2) is 21.9 Å². The van der Waals surface area contributed by atoms with Gasteiger partial charge in [-0.2, -0.15) is 0 Å². The molecular formula is C12H16F2N2O4S. The standard InChI is InChI=1S/C12H16F2N2O4S/c1-16(2)7-3-6-15-21(19,20)9-5-4-8(13)10(11(9)14)12(17)18/h4-5,15H,3,6-7H2,1-2H3,(H,17,18). The molecule has 0 spiro atoms. The van der Waals surface area contributed by atoms with Gasteiger partial charge in [-0.1, -0.05) is 0 Å². The monoisotopic (exact) mass is 322 g/mol. The number of sulfonamides is 1. The molecule has 0 fully saturated rings. The summed E-state index contributed by atoms with van der Waals surface area (Å²) in [6.07, 6.45) is 0.512. The Labute approximate surface area is 121 Å². The van der Waals surface area contributed by atoms with Crippen LogP contribution in [0.4, 0.5) is 8.78 Å². The van der Waals surface area contributed by atoms with Crippen LogP contribution < -0.4 is 14.7 Å². The van der Waals surface area contributed by atoms with E-state index in [1.54, 1.807) is 0 Å². The number of nitrogens with one attached hydrogen (secondary N) is 2. The van der Waals surface area contributed by atoms with Gasteiger partial charge < -0.3 is 14.8 Å². The fraction of sp³-hybridized carbons (Fsp3) is 0.417. The van der Waals surface area contributed by atoms with Crippen LogP contribution in [0.5, 0.6) is 0 Å². The summed E-state index contributed by atoms with van der Waals surface area (Å²) in [6.45, 7) is 0.754. The molecule has 0 atom stereocenters. The summed E-state index contributed by atoms with van der Waals surface area (Å²) in [5.41, 5.74) is -1.39. The molecule has 118 valence electrons. The molecule has 0 radical (unpaired) electrons. The Morgan fingerprint density at radius 3 is 2.48 bits per heavy atom. The molecule has 0 aliphatic carbocycles. The summed E-state index contributed by atoms with van der Waals surface area (Å²) in [5, 5.41) is 10.6. The Morgan fingerprint density at radius 2 is 1.95 bits per heavy atom. The van der Waals surface area contributed by atoms with Crippen molar-refractivity contribution in [2.24, 2.45) is 0 Å². The molecular weight excluding hydrogens is 306 g/mol. The van der Waals surface area contributed by atoms with Gasteiger partial charge in [0.25, 0.3) is 0 Å². The third-order valence-electron chi connectivity index (χ3n) is 2.69. The van der Waals surface area contributed by atoms with Gasteiger partial charge in [0.1, 0.15) is 10.7 Å². The van der Waals surface area contributed by atoms with E-state index in [0.29, 0.717) is 25.1 Å². The molecule has 0 saturated heterocycles. The highest BCUT2D eigenvalue weighted by Crippen LogP contribution is 2.20. The molecule has 0 aromatic heterocycles. The summed E-state index contributed by atoms with van der Waals surface area (Å²) in [5.74, 6) is -5.17. The van der Waals surface area contributed by atoms with Crippen molar-refractivity contribution in [1.82, 2.24) is 4.72 Å². The molecule has 1 rings (SSSR count). The van der Waals surface area contributed by atoms with Crippen LogP contribution in [0.1, 0.15) is 16.8 Å². The lowest BCUT2D eigenvalue weighted by Gasteiger charge is -2.12. The minimum atomic E-state index is -4.25. The predicted molar refractivity (Wildman–Crippen MR) is 68.2 cm³/mol. The number of halogens is 2. The summed E-state index contributed by atoms with van der Waals surface area (Å²) in [6, 6.07) is 1.25. The minimum absolute atomic E-state index is 0.0605. The number of hydrogen-bond donors (Lipinski definition) is 2. The molecule has 0 heterocycles. The Morgan fingerprint density at radius 1 is 1.33 bits per heavy atom. The number of rotatable bonds is 7. The highest BCUT2D eigenvalue weighted by molar-refractivity contribution is 7.89. The van der Waals surface area contributed by atoms with Gasteiger partial charge in [-0.05, 0) is 12.1 Å². The SMILES string of the molecule is C[NH+](C)CCCNS(=O)(=O)c1ccc(F)c(C(=O)[O-])c1F. The first-order valence-electron chi connectivity index (χ1n) is 6.15. The van der Waals surface area contributed by atoms with E-state index in [1.165, 1.54) is 0 Å². The van der Waals surface area contributed by atoms with Crippen molar-refractivity contribution in [3.05, 3.63) is 29.3 Å². The van der Waals surface area contributed by atoms with Crippen LogP contribution in [0.2, 0.25) is 0 Å². The van der Waals surface area contributed by atoms with E-state index in [2.05, 4.69) is 4.72 Å². The van der Waals surface area contributed by atoms with Gasteiger partial charge in [0.2, 0.25) is 10.0 Å². The largest absolute Gasteiger partial charge is 0.545 e. The molecule has 0 aliphatic heterocycles. The number of aromatic carboxylic acids is 1. The normalized spacial score (nSPS) is 11.9. The Kier molecular flexibility index (Phi) is 5.76. The average molecular weight is 322 g/mol. The lowest BCUT2D eigenvalue weighted by atomic mass is 10.2. The number of quaternary nitrogens is 1.